The Bertz CT molecular complexity index is 1840. The van der Waals surface area contributed by atoms with E-state index < -0.39 is 29.6 Å². The van der Waals surface area contributed by atoms with E-state index >= 15 is 0 Å². The molecule has 0 N–H and O–H groups in total. The summed E-state index contributed by atoms with van der Waals surface area (Å²) in [5.74, 6) is -1.27. The van der Waals surface area contributed by atoms with Crippen LogP contribution in [0.25, 0.3) is 34.4 Å². The second-order valence-electron chi connectivity index (χ2n) is 15.2. The fraction of sp³-hybridized carbons (Fsp3) is 0.300. The Morgan fingerprint density at radius 3 is 1.91 bits per heavy atom. The molecule has 0 saturated carbocycles. The average Bonchev–Trinajstić information content (AvgIpc) is 3.58. The molecule has 2 atom stereocenters. The van der Waals surface area contributed by atoms with Crippen molar-refractivity contribution in [1.29, 1.82) is 0 Å². The van der Waals surface area contributed by atoms with E-state index in [2.05, 4.69) is 158 Å². The minimum absolute atomic E-state index is 0.0936. The van der Waals surface area contributed by atoms with Crippen LogP contribution in [-0.4, -0.2) is 14.0 Å². The Kier molecular flexibility index (Phi) is 8.66. The summed E-state index contributed by atoms with van der Waals surface area (Å²) in [6, 6.07) is 31.6. The third kappa shape index (κ3) is 5.34. The van der Waals surface area contributed by atoms with Gasteiger partial charge in [0.05, 0.1) is 0 Å². The molecule has 2 unspecified atom stereocenters. The van der Waals surface area contributed by atoms with Gasteiger partial charge < -0.3 is 0 Å². The van der Waals surface area contributed by atoms with Crippen LogP contribution < -0.4 is 5.19 Å². The van der Waals surface area contributed by atoms with Crippen molar-refractivity contribution < 1.29 is 15.6 Å². The van der Waals surface area contributed by atoms with Crippen LogP contribution in [-0.2, 0) is 15.6 Å². The normalized spacial score (nSPS) is 18.8. The Labute approximate surface area is 281 Å². The number of rotatable bonds is 7. The average molecular weight is 746 g/mol. The molecular formula is C40H47Cl2Si2Zr. The van der Waals surface area contributed by atoms with Gasteiger partial charge in [-0.2, -0.15) is 0 Å². The predicted molar refractivity (Wildman–Crippen MR) is 204 cm³/mol. The van der Waals surface area contributed by atoms with Crippen LogP contribution in [0, 0.1) is 12.8 Å². The van der Waals surface area contributed by atoms with Gasteiger partial charge in [0.2, 0.25) is 0 Å². The number of hydrogen-bond acceptors (Lipinski definition) is 0. The van der Waals surface area contributed by atoms with Crippen molar-refractivity contribution in [2.24, 2.45) is 5.92 Å². The summed E-state index contributed by atoms with van der Waals surface area (Å²) < 4.78 is 0.189. The van der Waals surface area contributed by atoms with E-state index in [1.165, 1.54) is 66.4 Å². The van der Waals surface area contributed by atoms with E-state index in [0.717, 1.165) is 0 Å². The number of allylic oxidation sites excluding steroid dienone is 2. The van der Waals surface area contributed by atoms with Crippen molar-refractivity contribution in [3.8, 4) is 22.3 Å². The number of benzene rings is 4. The van der Waals surface area contributed by atoms with Crippen molar-refractivity contribution in [2.75, 3.05) is 0 Å². The van der Waals surface area contributed by atoms with E-state index in [4.69, 9.17) is 17.0 Å². The standard InChI is InChI=1S/C20H23Si.C18H17.C2H7Si.2ClH.Zr/c1-14-12-19-15(2)6-11-18(20(19)13-14)16-7-9-17(10-8-16)21(3,4)5;1-13(2)16-11-15-9-6-10-17(18(15)12-16)14-7-4-3-5-8-14;1-3-2;;;/h6-13H,1-5H3;3-13H,1-2H3;3H,1-2H3;2*1H;/q;;;;;+2/p-2. The number of halogens is 2. The zero-order chi connectivity index (χ0) is 32.5. The van der Waals surface area contributed by atoms with Crippen molar-refractivity contribution in [1.82, 2.24) is 0 Å². The van der Waals surface area contributed by atoms with Crippen molar-refractivity contribution >= 4 is 48.4 Å². The minimum atomic E-state index is -4.81. The van der Waals surface area contributed by atoms with Gasteiger partial charge in [-0.05, 0) is 0 Å². The number of aryl methyl sites for hydroxylation is 1. The molecule has 0 saturated heterocycles. The second-order valence-corrected chi connectivity index (χ2v) is 62.8. The van der Waals surface area contributed by atoms with Crippen LogP contribution >= 0.6 is 17.0 Å². The van der Waals surface area contributed by atoms with Crippen molar-refractivity contribution in [3.63, 3.8) is 0 Å². The maximum atomic E-state index is 8.63. The topological polar surface area (TPSA) is 0 Å². The Morgan fingerprint density at radius 1 is 0.689 bits per heavy atom. The summed E-state index contributed by atoms with van der Waals surface area (Å²) in [6.07, 6.45) is 4.92. The molecule has 0 radical (unpaired) electrons. The van der Waals surface area contributed by atoms with Gasteiger partial charge in [-0.15, -0.1) is 0 Å². The van der Waals surface area contributed by atoms with Gasteiger partial charge in [0.15, 0.2) is 0 Å². The summed E-state index contributed by atoms with van der Waals surface area (Å²) in [5, 5.41) is 1.49. The van der Waals surface area contributed by atoms with Crippen LogP contribution in [0.3, 0.4) is 0 Å². The zero-order valence-corrected chi connectivity index (χ0v) is 34.4. The molecule has 5 heteroatoms. The summed E-state index contributed by atoms with van der Waals surface area (Å²) in [4.78, 5) is 0. The van der Waals surface area contributed by atoms with Crippen LogP contribution in [0.15, 0.2) is 96.1 Å². The first-order valence-electron chi connectivity index (χ1n) is 16.5. The van der Waals surface area contributed by atoms with Crippen LogP contribution in [0.5, 0.6) is 0 Å². The first-order valence-corrected chi connectivity index (χ1v) is 36.4. The molecule has 0 aromatic heterocycles. The van der Waals surface area contributed by atoms with Gasteiger partial charge >= 0.3 is 284 Å². The zero-order valence-electron chi connectivity index (χ0n) is 28.3. The van der Waals surface area contributed by atoms with E-state index in [0.29, 0.717) is 5.92 Å². The third-order valence-electron chi connectivity index (χ3n) is 10.7. The molecule has 0 heterocycles. The molecule has 45 heavy (non-hydrogen) atoms. The molecule has 233 valence electrons. The fourth-order valence-corrected chi connectivity index (χ4v) is 41.6. The predicted octanol–water partition coefficient (Wildman–Crippen LogP) is 12.1. The monoisotopic (exact) mass is 743 g/mol. The summed E-state index contributed by atoms with van der Waals surface area (Å²) in [7, 11) is 15.9. The molecule has 0 nitrogen and oxygen atoms in total. The van der Waals surface area contributed by atoms with Crippen LogP contribution in [0.4, 0.5) is 0 Å². The van der Waals surface area contributed by atoms with Crippen molar-refractivity contribution in [3.05, 3.63) is 124 Å². The fourth-order valence-electron chi connectivity index (χ4n) is 8.18. The van der Waals surface area contributed by atoms with Crippen LogP contribution in [0.2, 0.25) is 32.7 Å². The molecule has 6 rings (SSSR count). The molecule has 4 aromatic carbocycles. The first kappa shape index (κ1) is 33.2. The summed E-state index contributed by atoms with van der Waals surface area (Å²) in [5.41, 5.74) is 14.6. The molecule has 0 amide bonds. The van der Waals surface area contributed by atoms with Gasteiger partial charge in [0, 0.05) is 0 Å². The van der Waals surface area contributed by atoms with E-state index in [1.54, 1.807) is 0 Å². The first-order chi connectivity index (χ1) is 21.1. The van der Waals surface area contributed by atoms with Gasteiger partial charge in [0.25, 0.3) is 0 Å². The Hall–Kier alpha value is -1.74. The third-order valence-corrected chi connectivity index (χ3v) is 64.7. The quantitative estimate of drug-likeness (QED) is 0.165. The van der Waals surface area contributed by atoms with Crippen molar-refractivity contribution in [2.45, 2.75) is 67.7 Å². The molecule has 0 spiro atoms. The molecule has 2 aliphatic rings. The maximum absolute atomic E-state index is 8.63. The SMILES string of the molecule is CC1=Cc2c(-c3ccc([Si](C)(C)C)cc3)ccc(C)c2[CH]1[Zr]([Cl])([Cl])([CH]1C(C(C)C)=Cc2c(-c3ccccc3)cccc21)[SiH](C)C. The number of hydrogen-bond donors (Lipinski definition) is 0. The molecular weight excluding hydrogens is 699 g/mol. The van der Waals surface area contributed by atoms with Gasteiger partial charge in [-0.3, -0.25) is 0 Å². The molecule has 4 aromatic rings. The Balaban J connectivity index is 1.57. The van der Waals surface area contributed by atoms with Gasteiger partial charge in [-0.25, -0.2) is 0 Å². The van der Waals surface area contributed by atoms with E-state index in [-0.39, 0.29) is 7.25 Å². The summed E-state index contributed by atoms with van der Waals surface area (Å²) in [6.45, 7) is 21.4. The van der Waals surface area contributed by atoms with E-state index in [9.17, 15) is 0 Å². The van der Waals surface area contributed by atoms with Crippen LogP contribution in [0.1, 0.15) is 55.8 Å². The second kappa shape index (κ2) is 11.7. The molecule has 0 fully saturated rings. The molecule has 0 bridgehead atoms. The number of fused-ring (bicyclic) bond motifs is 2. The van der Waals surface area contributed by atoms with E-state index in [1.807, 2.05) is 0 Å². The van der Waals surface area contributed by atoms with Gasteiger partial charge in [0.1, 0.15) is 0 Å². The summed E-state index contributed by atoms with van der Waals surface area (Å²) >= 11 is -4.81. The molecule has 2 aliphatic carbocycles. The Morgan fingerprint density at radius 2 is 1.31 bits per heavy atom. The molecule has 0 aliphatic heterocycles. The van der Waals surface area contributed by atoms with Gasteiger partial charge in [-0.1, -0.05) is 0 Å².